The Morgan fingerprint density at radius 3 is 2.53 bits per heavy atom. The third kappa shape index (κ3) is 7.34. The summed E-state index contributed by atoms with van der Waals surface area (Å²) in [5.74, 6) is 0.159. The molecule has 0 bridgehead atoms. The predicted molar refractivity (Wildman–Crippen MR) is 72.8 cm³/mol. The molecule has 1 amide bonds. The van der Waals surface area contributed by atoms with Crippen LogP contribution in [0.25, 0.3) is 0 Å². The van der Waals surface area contributed by atoms with Crippen molar-refractivity contribution in [3.8, 4) is 0 Å². The van der Waals surface area contributed by atoms with Crippen molar-refractivity contribution in [2.75, 3.05) is 33.7 Å². The highest BCUT2D eigenvalue weighted by atomic mass is 16.1. The molecule has 0 aromatic carbocycles. The second-order valence-corrected chi connectivity index (χ2v) is 5.75. The van der Waals surface area contributed by atoms with E-state index in [0.717, 1.165) is 32.5 Å². The van der Waals surface area contributed by atoms with Gasteiger partial charge in [-0.3, -0.25) is 4.79 Å². The van der Waals surface area contributed by atoms with Crippen LogP contribution >= 0.6 is 0 Å². The van der Waals surface area contributed by atoms with Gasteiger partial charge in [-0.05, 0) is 38.4 Å². The molecule has 3 N–H and O–H groups in total. The van der Waals surface area contributed by atoms with E-state index in [9.17, 15) is 4.79 Å². The van der Waals surface area contributed by atoms with Crippen molar-refractivity contribution in [3.05, 3.63) is 0 Å². The zero-order chi connectivity index (χ0) is 13.5. The number of carbonyl (C=O) groups is 1. The first kappa shape index (κ1) is 16.4. The van der Waals surface area contributed by atoms with Gasteiger partial charge in [0, 0.05) is 19.5 Å². The summed E-state index contributed by atoms with van der Waals surface area (Å²) >= 11 is 0. The minimum atomic E-state index is 0.0486. The second kappa shape index (κ2) is 7.67. The molecular formula is C13H29N3O. The first-order valence-corrected chi connectivity index (χ1v) is 6.42. The monoisotopic (exact) mass is 243 g/mol. The molecule has 0 saturated carbocycles. The molecule has 0 spiro atoms. The maximum Gasteiger partial charge on any atom is 0.223 e. The van der Waals surface area contributed by atoms with E-state index in [-0.39, 0.29) is 17.2 Å². The highest BCUT2D eigenvalue weighted by Crippen LogP contribution is 2.20. The largest absolute Gasteiger partial charge is 0.359 e. The zero-order valence-corrected chi connectivity index (χ0v) is 12.0. The van der Waals surface area contributed by atoms with E-state index < -0.39 is 0 Å². The lowest BCUT2D eigenvalue weighted by molar-refractivity contribution is -0.124. The molecule has 0 rings (SSSR count). The fourth-order valence-electron chi connectivity index (χ4n) is 1.82. The number of hydrogen-bond donors (Lipinski definition) is 2. The van der Waals surface area contributed by atoms with Gasteiger partial charge < -0.3 is 16.0 Å². The first-order valence-electron chi connectivity index (χ1n) is 6.42. The summed E-state index contributed by atoms with van der Waals surface area (Å²) in [5, 5.41) is 2.68. The molecule has 1 unspecified atom stereocenters. The average molecular weight is 243 g/mol. The van der Waals surface area contributed by atoms with Crippen molar-refractivity contribution >= 4 is 5.91 Å². The smallest absolute Gasteiger partial charge is 0.223 e. The van der Waals surface area contributed by atoms with E-state index in [0.29, 0.717) is 0 Å². The molecule has 4 nitrogen and oxygen atoms in total. The van der Waals surface area contributed by atoms with Crippen LogP contribution in [0.5, 0.6) is 0 Å². The molecule has 0 aliphatic rings. The van der Waals surface area contributed by atoms with Crippen molar-refractivity contribution in [2.24, 2.45) is 17.1 Å². The van der Waals surface area contributed by atoms with Crippen molar-refractivity contribution in [1.29, 1.82) is 0 Å². The van der Waals surface area contributed by atoms with Crippen molar-refractivity contribution in [3.63, 3.8) is 0 Å². The third-order valence-electron chi connectivity index (χ3n) is 3.23. The molecule has 0 radical (unpaired) electrons. The van der Waals surface area contributed by atoms with E-state index in [2.05, 4.69) is 31.1 Å². The number of nitrogens with two attached hydrogens (primary N) is 1. The fourth-order valence-corrected chi connectivity index (χ4v) is 1.82. The van der Waals surface area contributed by atoms with E-state index in [1.807, 2.05) is 6.92 Å². The summed E-state index contributed by atoms with van der Waals surface area (Å²) < 4.78 is 0. The molecule has 0 aromatic heterocycles. The number of amides is 1. The lowest BCUT2D eigenvalue weighted by Crippen LogP contribution is -2.35. The molecule has 0 fully saturated rings. The number of carbonyl (C=O) groups excluding carboxylic acids is 1. The number of nitrogens with one attached hydrogen (secondary N) is 1. The van der Waals surface area contributed by atoms with Gasteiger partial charge in [-0.15, -0.1) is 0 Å². The molecule has 1 atom stereocenters. The Morgan fingerprint density at radius 1 is 1.47 bits per heavy atom. The molecule has 0 aliphatic heterocycles. The maximum atomic E-state index is 11.4. The van der Waals surface area contributed by atoms with Gasteiger partial charge in [0.2, 0.25) is 5.91 Å². The zero-order valence-electron chi connectivity index (χ0n) is 12.0. The molecule has 4 heteroatoms. The molecule has 17 heavy (non-hydrogen) atoms. The van der Waals surface area contributed by atoms with Gasteiger partial charge in [0.25, 0.3) is 0 Å². The van der Waals surface area contributed by atoms with Gasteiger partial charge in [-0.1, -0.05) is 20.8 Å². The van der Waals surface area contributed by atoms with E-state index in [1.54, 1.807) is 7.05 Å². The molecule has 0 heterocycles. The quantitative estimate of drug-likeness (QED) is 0.670. The van der Waals surface area contributed by atoms with Gasteiger partial charge in [0.05, 0.1) is 0 Å². The van der Waals surface area contributed by atoms with Crippen molar-refractivity contribution in [1.82, 2.24) is 10.2 Å². The number of rotatable bonds is 8. The van der Waals surface area contributed by atoms with E-state index >= 15 is 0 Å². The van der Waals surface area contributed by atoms with Gasteiger partial charge in [0.1, 0.15) is 0 Å². The fraction of sp³-hybridized carbons (Fsp3) is 0.923. The van der Waals surface area contributed by atoms with Crippen LogP contribution in [0, 0.1) is 11.3 Å². The Kier molecular flexibility index (Phi) is 7.39. The van der Waals surface area contributed by atoms with Crippen LogP contribution in [0.1, 0.15) is 33.6 Å². The van der Waals surface area contributed by atoms with Crippen LogP contribution < -0.4 is 11.1 Å². The molecule has 0 aromatic rings. The lowest BCUT2D eigenvalue weighted by atomic mass is 9.88. The average Bonchev–Trinajstić information content (AvgIpc) is 2.27. The van der Waals surface area contributed by atoms with Crippen molar-refractivity contribution < 1.29 is 4.79 Å². The summed E-state index contributed by atoms with van der Waals surface area (Å²) in [7, 11) is 3.75. The summed E-state index contributed by atoms with van der Waals surface area (Å²) in [6, 6.07) is 0. The Morgan fingerprint density at radius 2 is 2.06 bits per heavy atom. The van der Waals surface area contributed by atoms with Crippen LogP contribution in [0.2, 0.25) is 0 Å². The number of nitrogens with zero attached hydrogens (tertiary/aromatic N) is 1. The molecule has 102 valence electrons. The highest BCUT2D eigenvalue weighted by Gasteiger charge is 2.16. The summed E-state index contributed by atoms with van der Waals surface area (Å²) in [5.41, 5.74) is 5.92. The topological polar surface area (TPSA) is 58.4 Å². The van der Waals surface area contributed by atoms with E-state index in [1.165, 1.54) is 0 Å². The van der Waals surface area contributed by atoms with Crippen LogP contribution in [0.15, 0.2) is 0 Å². The van der Waals surface area contributed by atoms with Crippen LogP contribution in [0.4, 0.5) is 0 Å². The highest BCUT2D eigenvalue weighted by molar-refractivity contribution is 5.78. The van der Waals surface area contributed by atoms with Crippen LogP contribution in [-0.2, 0) is 4.79 Å². The van der Waals surface area contributed by atoms with Crippen molar-refractivity contribution in [2.45, 2.75) is 33.6 Å². The normalized spacial score (nSPS) is 13.8. The van der Waals surface area contributed by atoms with Gasteiger partial charge in [-0.25, -0.2) is 0 Å². The summed E-state index contributed by atoms with van der Waals surface area (Å²) in [6.07, 6.45) is 2.25. The van der Waals surface area contributed by atoms with E-state index in [4.69, 9.17) is 5.73 Å². The molecular weight excluding hydrogens is 214 g/mol. The standard InChI is InChI=1S/C13H29N3O/c1-11(12(17)15-4)9-16(5)8-6-7-13(2,3)10-14/h11H,6-10,14H2,1-5H3,(H,15,17). The Balaban J connectivity index is 3.80. The minimum Gasteiger partial charge on any atom is -0.359 e. The summed E-state index contributed by atoms with van der Waals surface area (Å²) in [6.45, 7) is 8.90. The Labute approximate surface area is 106 Å². The first-order chi connectivity index (χ1) is 7.82. The minimum absolute atomic E-state index is 0.0486. The van der Waals surface area contributed by atoms with Crippen LogP contribution in [0.3, 0.4) is 0 Å². The van der Waals surface area contributed by atoms with Gasteiger partial charge in [-0.2, -0.15) is 0 Å². The van der Waals surface area contributed by atoms with Crippen LogP contribution in [-0.4, -0.2) is 44.5 Å². The second-order valence-electron chi connectivity index (χ2n) is 5.75. The maximum absolute atomic E-state index is 11.4. The Bertz CT molecular complexity index is 229. The van der Waals surface area contributed by atoms with Gasteiger partial charge >= 0.3 is 0 Å². The Hall–Kier alpha value is -0.610. The molecule has 0 aliphatic carbocycles. The van der Waals surface area contributed by atoms with Gasteiger partial charge in [0.15, 0.2) is 0 Å². The number of hydrogen-bond acceptors (Lipinski definition) is 3. The lowest BCUT2D eigenvalue weighted by Gasteiger charge is -2.25. The molecule has 0 saturated heterocycles. The SMILES string of the molecule is CNC(=O)C(C)CN(C)CCCC(C)(C)CN. The third-order valence-corrected chi connectivity index (χ3v) is 3.23. The summed E-state index contributed by atoms with van der Waals surface area (Å²) in [4.78, 5) is 13.6. The predicted octanol–water partition coefficient (Wildman–Crippen LogP) is 1.07.